The zero-order valence-electron chi connectivity index (χ0n) is 12.7. The molecule has 4 rings (SSSR count). The van der Waals surface area contributed by atoms with Gasteiger partial charge in [-0.1, -0.05) is 54.1 Å². The van der Waals surface area contributed by atoms with E-state index in [1.54, 1.807) is 0 Å². The van der Waals surface area contributed by atoms with Crippen molar-refractivity contribution >= 4 is 5.91 Å². The number of fused-ring (bicyclic) bond motifs is 3. The van der Waals surface area contributed by atoms with Gasteiger partial charge in [0.1, 0.15) is 6.73 Å². The molecule has 0 N–H and O–H groups in total. The molecular formula is C19H19NO2. The second-order valence-corrected chi connectivity index (χ2v) is 6.21. The van der Waals surface area contributed by atoms with Crippen LogP contribution in [0.1, 0.15) is 28.3 Å². The summed E-state index contributed by atoms with van der Waals surface area (Å²) in [5.74, 6) is 0.148. The fraction of sp³-hybridized carbons (Fsp3) is 0.316. The maximum absolute atomic E-state index is 12.7. The highest BCUT2D eigenvalue weighted by Crippen LogP contribution is 2.41. The topological polar surface area (TPSA) is 29.5 Å². The minimum atomic E-state index is 0.0912. The van der Waals surface area contributed by atoms with Crippen LogP contribution in [0.25, 0.3) is 0 Å². The van der Waals surface area contributed by atoms with Gasteiger partial charge in [0.2, 0.25) is 5.91 Å². The third kappa shape index (κ3) is 2.22. The summed E-state index contributed by atoms with van der Waals surface area (Å²) in [6, 6.07) is 16.6. The molecule has 0 unspecified atom stereocenters. The zero-order chi connectivity index (χ0) is 15.1. The van der Waals surface area contributed by atoms with Crippen LogP contribution in [-0.4, -0.2) is 23.6 Å². The van der Waals surface area contributed by atoms with Crippen molar-refractivity contribution in [3.05, 3.63) is 70.8 Å². The SMILES string of the molecule is Cc1cccc(CC(=O)N2CO[C@@H]3Cc4ccccc4[C@@H]32)c1. The van der Waals surface area contributed by atoms with Gasteiger partial charge in [0.25, 0.3) is 0 Å². The van der Waals surface area contributed by atoms with E-state index in [4.69, 9.17) is 4.74 Å². The van der Waals surface area contributed by atoms with Gasteiger partial charge in [-0.05, 0) is 23.6 Å². The Morgan fingerprint density at radius 2 is 2.09 bits per heavy atom. The summed E-state index contributed by atoms with van der Waals surface area (Å²) < 4.78 is 5.86. The number of carbonyl (C=O) groups is 1. The van der Waals surface area contributed by atoms with Crippen LogP contribution in [0.5, 0.6) is 0 Å². The van der Waals surface area contributed by atoms with E-state index in [-0.39, 0.29) is 18.1 Å². The second kappa shape index (κ2) is 5.25. The molecule has 2 aromatic carbocycles. The van der Waals surface area contributed by atoms with Crippen LogP contribution >= 0.6 is 0 Å². The van der Waals surface area contributed by atoms with Crippen molar-refractivity contribution in [1.29, 1.82) is 0 Å². The number of hydrogen-bond donors (Lipinski definition) is 0. The van der Waals surface area contributed by atoms with E-state index < -0.39 is 0 Å². The van der Waals surface area contributed by atoms with Gasteiger partial charge >= 0.3 is 0 Å². The molecule has 3 heteroatoms. The summed E-state index contributed by atoms with van der Waals surface area (Å²) in [6.45, 7) is 2.46. The van der Waals surface area contributed by atoms with E-state index in [9.17, 15) is 4.79 Å². The van der Waals surface area contributed by atoms with Crippen LogP contribution < -0.4 is 0 Å². The average Bonchev–Trinajstić information content (AvgIpc) is 3.05. The summed E-state index contributed by atoms with van der Waals surface area (Å²) in [5.41, 5.74) is 4.82. The number of benzene rings is 2. The van der Waals surface area contributed by atoms with E-state index >= 15 is 0 Å². The Morgan fingerprint density at radius 3 is 2.95 bits per heavy atom. The lowest BCUT2D eigenvalue weighted by molar-refractivity contribution is -0.132. The quantitative estimate of drug-likeness (QED) is 0.852. The van der Waals surface area contributed by atoms with E-state index in [1.807, 2.05) is 23.1 Å². The smallest absolute Gasteiger partial charge is 0.229 e. The van der Waals surface area contributed by atoms with Crippen molar-refractivity contribution in [1.82, 2.24) is 4.90 Å². The molecule has 1 aliphatic carbocycles. The highest BCUT2D eigenvalue weighted by molar-refractivity contribution is 5.79. The number of ether oxygens (including phenoxy) is 1. The predicted octanol–water partition coefficient (Wildman–Crippen LogP) is 3.02. The molecule has 1 aliphatic heterocycles. The molecule has 22 heavy (non-hydrogen) atoms. The Morgan fingerprint density at radius 1 is 1.23 bits per heavy atom. The molecule has 0 saturated carbocycles. The standard InChI is InChI=1S/C19H19NO2/c1-13-5-4-6-14(9-13)10-18(21)20-12-22-17-11-15-7-2-3-8-16(15)19(17)20/h2-9,17,19H,10-12H2,1H3/t17-,19+/m1/s1. The van der Waals surface area contributed by atoms with Crippen molar-refractivity contribution in [3.63, 3.8) is 0 Å². The minimum absolute atomic E-state index is 0.0912. The van der Waals surface area contributed by atoms with Crippen LogP contribution in [0.15, 0.2) is 48.5 Å². The van der Waals surface area contributed by atoms with Crippen molar-refractivity contribution in [2.24, 2.45) is 0 Å². The number of rotatable bonds is 2. The Balaban J connectivity index is 1.57. The fourth-order valence-corrected chi connectivity index (χ4v) is 3.64. The monoisotopic (exact) mass is 293 g/mol. The first-order valence-corrected chi connectivity index (χ1v) is 7.77. The van der Waals surface area contributed by atoms with Crippen molar-refractivity contribution in [2.45, 2.75) is 31.9 Å². The summed E-state index contributed by atoms with van der Waals surface area (Å²) in [6.07, 6.45) is 1.48. The number of nitrogens with zero attached hydrogens (tertiary/aromatic N) is 1. The third-order valence-electron chi connectivity index (χ3n) is 4.67. The van der Waals surface area contributed by atoms with Gasteiger partial charge in [0, 0.05) is 6.42 Å². The lowest BCUT2D eigenvalue weighted by atomic mass is 10.0. The molecule has 3 nitrogen and oxygen atoms in total. The van der Waals surface area contributed by atoms with Gasteiger partial charge in [-0.25, -0.2) is 0 Å². The molecular weight excluding hydrogens is 274 g/mol. The Hall–Kier alpha value is -2.13. The Labute approximate surface area is 130 Å². The molecule has 2 aliphatic rings. The van der Waals surface area contributed by atoms with Gasteiger partial charge in [-0.15, -0.1) is 0 Å². The molecule has 1 heterocycles. The molecule has 0 radical (unpaired) electrons. The first-order chi connectivity index (χ1) is 10.7. The third-order valence-corrected chi connectivity index (χ3v) is 4.67. The predicted molar refractivity (Wildman–Crippen MR) is 84.4 cm³/mol. The average molecular weight is 293 g/mol. The molecule has 112 valence electrons. The summed E-state index contributed by atoms with van der Waals surface area (Å²) in [7, 11) is 0. The van der Waals surface area contributed by atoms with Gasteiger partial charge in [0.05, 0.1) is 18.6 Å². The summed E-state index contributed by atoms with van der Waals surface area (Å²) in [5, 5.41) is 0. The van der Waals surface area contributed by atoms with Gasteiger partial charge in [-0.3, -0.25) is 4.79 Å². The molecule has 2 atom stereocenters. The van der Waals surface area contributed by atoms with E-state index in [1.165, 1.54) is 16.7 Å². The van der Waals surface area contributed by atoms with E-state index in [0.29, 0.717) is 13.2 Å². The largest absolute Gasteiger partial charge is 0.355 e. The lowest BCUT2D eigenvalue weighted by Crippen LogP contribution is -2.33. The maximum Gasteiger partial charge on any atom is 0.229 e. The number of hydrogen-bond acceptors (Lipinski definition) is 2. The molecule has 1 amide bonds. The second-order valence-electron chi connectivity index (χ2n) is 6.21. The van der Waals surface area contributed by atoms with Crippen LogP contribution in [0.3, 0.4) is 0 Å². The molecule has 0 spiro atoms. The van der Waals surface area contributed by atoms with Gasteiger partial charge in [-0.2, -0.15) is 0 Å². The number of carbonyl (C=O) groups excluding carboxylic acids is 1. The fourth-order valence-electron chi connectivity index (χ4n) is 3.64. The molecule has 0 bridgehead atoms. The number of amides is 1. The maximum atomic E-state index is 12.7. The van der Waals surface area contributed by atoms with E-state index in [2.05, 4.69) is 37.3 Å². The minimum Gasteiger partial charge on any atom is -0.355 e. The highest BCUT2D eigenvalue weighted by atomic mass is 16.5. The number of aryl methyl sites for hydroxylation is 1. The first kappa shape index (κ1) is 13.5. The Kier molecular flexibility index (Phi) is 3.23. The van der Waals surface area contributed by atoms with Crippen molar-refractivity contribution < 1.29 is 9.53 Å². The van der Waals surface area contributed by atoms with Gasteiger partial charge < -0.3 is 9.64 Å². The normalized spacial score (nSPS) is 22.5. The van der Waals surface area contributed by atoms with Crippen LogP contribution in [0.4, 0.5) is 0 Å². The van der Waals surface area contributed by atoms with Crippen LogP contribution in [-0.2, 0) is 22.4 Å². The Bertz CT molecular complexity index is 725. The zero-order valence-corrected chi connectivity index (χ0v) is 12.7. The van der Waals surface area contributed by atoms with E-state index in [0.717, 1.165) is 12.0 Å². The van der Waals surface area contributed by atoms with Crippen molar-refractivity contribution in [3.8, 4) is 0 Å². The molecule has 1 saturated heterocycles. The summed E-state index contributed by atoms with van der Waals surface area (Å²) in [4.78, 5) is 14.6. The highest BCUT2D eigenvalue weighted by Gasteiger charge is 2.44. The van der Waals surface area contributed by atoms with Gasteiger partial charge in [0.15, 0.2) is 0 Å². The van der Waals surface area contributed by atoms with Crippen LogP contribution in [0, 0.1) is 6.92 Å². The molecule has 1 fully saturated rings. The van der Waals surface area contributed by atoms with Crippen molar-refractivity contribution in [2.75, 3.05) is 6.73 Å². The molecule has 0 aromatic heterocycles. The molecule has 2 aromatic rings. The van der Waals surface area contributed by atoms with Crippen LogP contribution in [0.2, 0.25) is 0 Å². The first-order valence-electron chi connectivity index (χ1n) is 7.77. The lowest BCUT2D eigenvalue weighted by Gasteiger charge is -2.23. The summed E-state index contributed by atoms with van der Waals surface area (Å²) >= 11 is 0.